The van der Waals surface area contributed by atoms with Crippen LogP contribution >= 0.6 is 17.2 Å². The van der Waals surface area contributed by atoms with Crippen LogP contribution in [0.25, 0.3) is 0 Å². The molecule has 0 aromatic heterocycles. The van der Waals surface area contributed by atoms with Crippen LogP contribution in [0.5, 0.6) is 0 Å². The van der Waals surface area contributed by atoms with Gasteiger partial charge in [0.05, 0.1) is 8.60 Å². The summed E-state index contributed by atoms with van der Waals surface area (Å²) in [6, 6.07) is 0. The van der Waals surface area contributed by atoms with Crippen LogP contribution in [0.1, 0.15) is 0 Å². The Labute approximate surface area is 68.7 Å². The molecule has 6 nitrogen and oxygen atoms in total. The van der Waals surface area contributed by atoms with Gasteiger partial charge in [-0.25, -0.2) is 0 Å². The van der Waals surface area contributed by atoms with E-state index in [-0.39, 0.29) is 21.7 Å². The van der Waals surface area contributed by atoms with Gasteiger partial charge in [0.2, 0.25) is 0 Å². The molecule has 0 bridgehead atoms. The normalized spacial score (nSPS) is 8.00. The summed E-state index contributed by atoms with van der Waals surface area (Å²) in [5.74, 6) is 0. The van der Waals surface area contributed by atoms with Crippen LogP contribution < -0.4 is 19.6 Å². The van der Waals surface area contributed by atoms with Gasteiger partial charge in [-0.1, -0.05) is 0 Å². The van der Waals surface area contributed by atoms with Gasteiger partial charge < -0.3 is 38.0 Å². The Morgan fingerprint density at radius 2 is 0.889 bits per heavy atom. The number of hydrogen-bond acceptors (Lipinski definition) is 6. The topological polar surface area (TPSA) is 133 Å². The predicted molar refractivity (Wildman–Crippen MR) is 18.3 cm³/mol. The van der Waals surface area contributed by atoms with Crippen molar-refractivity contribution >= 4 is 17.2 Å². The monoisotopic (exact) mass is 208 g/mol. The van der Waals surface area contributed by atoms with Crippen molar-refractivity contribution in [2.24, 2.45) is 0 Å². The molecular formula is H2O6P2Ti. The van der Waals surface area contributed by atoms with Crippen molar-refractivity contribution in [2.45, 2.75) is 0 Å². The molecule has 0 unspecified atom stereocenters. The third kappa shape index (κ3) is 282. The van der Waals surface area contributed by atoms with E-state index in [0.29, 0.717) is 0 Å². The zero-order chi connectivity index (χ0) is 7.15. The summed E-state index contributed by atoms with van der Waals surface area (Å²) in [5.41, 5.74) is 0. The van der Waals surface area contributed by atoms with Crippen molar-refractivity contribution in [1.82, 2.24) is 0 Å². The van der Waals surface area contributed by atoms with Gasteiger partial charge >= 0.3 is 21.7 Å². The molecule has 0 spiro atoms. The molecule has 0 saturated heterocycles. The fourth-order valence-corrected chi connectivity index (χ4v) is 0. The number of rotatable bonds is 0. The van der Waals surface area contributed by atoms with Gasteiger partial charge in [-0.05, 0) is 0 Å². The average Bonchev–Trinajstić information content (AvgIpc) is 1.25. The van der Waals surface area contributed by atoms with Crippen molar-refractivity contribution in [1.29, 1.82) is 0 Å². The van der Waals surface area contributed by atoms with Crippen LogP contribution in [0.3, 0.4) is 0 Å². The van der Waals surface area contributed by atoms with Gasteiger partial charge in [0.1, 0.15) is 0 Å². The Kier molecular flexibility index (Phi) is 22.4. The minimum absolute atomic E-state index is 0. The van der Waals surface area contributed by atoms with E-state index in [1.807, 2.05) is 0 Å². The molecule has 0 aliphatic heterocycles. The number of hydrogen-bond donors (Lipinski definition) is 2. The van der Waals surface area contributed by atoms with E-state index in [9.17, 15) is 0 Å². The third-order valence-electron chi connectivity index (χ3n) is 0. The van der Waals surface area contributed by atoms with E-state index in [4.69, 9.17) is 29.4 Å². The summed E-state index contributed by atoms with van der Waals surface area (Å²) in [6.07, 6.45) is 0. The minimum atomic E-state index is -3.37. The predicted octanol–water partition coefficient (Wildman–Crippen LogP) is -4.15. The Morgan fingerprint density at radius 3 is 0.889 bits per heavy atom. The molecule has 0 fully saturated rings. The second-order valence-corrected chi connectivity index (χ2v) is 1.43. The molecule has 0 aromatic carbocycles. The minimum Gasteiger partial charge on any atom is -0.854 e. The van der Waals surface area contributed by atoms with Crippen molar-refractivity contribution < 1.29 is 51.1 Å². The van der Waals surface area contributed by atoms with Crippen LogP contribution in [0.4, 0.5) is 0 Å². The summed E-state index contributed by atoms with van der Waals surface area (Å²) in [6.45, 7) is 0. The van der Waals surface area contributed by atoms with Crippen molar-refractivity contribution in [3.05, 3.63) is 0 Å². The van der Waals surface area contributed by atoms with Crippen LogP contribution in [-0.4, -0.2) is 9.79 Å². The molecule has 0 rings (SSSR count). The summed E-state index contributed by atoms with van der Waals surface area (Å²) >= 11 is 0. The van der Waals surface area contributed by atoms with E-state index in [1.54, 1.807) is 0 Å². The molecule has 0 aliphatic carbocycles. The molecule has 0 aromatic rings. The van der Waals surface area contributed by atoms with Gasteiger partial charge in [0.15, 0.2) is 0 Å². The summed E-state index contributed by atoms with van der Waals surface area (Å²) in [7, 11) is -6.24. The molecule has 0 heterocycles. The van der Waals surface area contributed by atoms with Crippen LogP contribution in [-0.2, 0) is 21.7 Å². The van der Waals surface area contributed by atoms with Gasteiger partial charge in [0.25, 0.3) is 0 Å². The maximum atomic E-state index is 8.70. The zero-order valence-electron chi connectivity index (χ0n) is 3.92. The maximum Gasteiger partial charge on any atom is 4.00 e. The van der Waals surface area contributed by atoms with Crippen molar-refractivity contribution in [2.75, 3.05) is 0 Å². The molecule has 0 aliphatic rings. The summed E-state index contributed by atoms with van der Waals surface area (Å²) < 4.78 is 0. The average molecular weight is 208 g/mol. The summed E-state index contributed by atoms with van der Waals surface area (Å²) in [4.78, 5) is 48.4. The van der Waals surface area contributed by atoms with E-state index in [2.05, 4.69) is 0 Å². The molecule has 2 N–H and O–H groups in total. The fourth-order valence-electron chi connectivity index (χ4n) is 0. The first-order chi connectivity index (χ1) is 3.46. The standard InChI is InChI=1S/H2O3P.O3P.Ti/c2*1-4(2)3;/h1-2H;;/q-1;-3;+4. The molecule has 0 radical (unpaired) electrons. The maximum absolute atomic E-state index is 8.70. The van der Waals surface area contributed by atoms with E-state index in [0.717, 1.165) is 0 Å². The zero-order valence-corrected chi connectivity index (χ0v) is 7.27. The van der Waals surface area contributed by atoms with Gasteiger partial charge in [-0.2, -0.15) is 0 Å². The van der Waals surface area contributed by atoms with Gasteiger partial charge in [-0.15, -0.1) is 0 Å². The molecule has 0 amide bonds. The van der Waals surface area contributed by atoms with E-state index >= 15 is 0 Å². The fraction of sp³-hybridized carbons (Fsp3) is 0. The molecule has 9 heteroatoms. The van der Waals surface area contributed by atoms with Gasteiger partial charge in [-0.3, -0.25) is 0 Å². The molecule has 0 saturated carbocycles. The first-order valence-corrected chi connectivity index (χ1v) is 3.39. The Hall–Kier alpha value is 1.33. The molecule has 9 heavy (non-hydrogen) atoms. The van der Waals surface area contributed by atoms with Crippen LogP contribution in [0.2, 0.25) is 0 Å². The van der Waals surface area contributed by atoms with E-state index in [1.165, 1.54) is 0 Å². The van der Waals surface area contributed by atoms with E-state index < -0.39 is 17.2 Å². The van der Waals surface area contributed by atoms with Crippen LogP contribution in [0.15, 0.2) is 0 Å². The first kappa shape index (κ1) is 16.7. The molecular weight excluding hydrogens is 206 g/mol. The molecule has 0 atom stereocenters. The first-order valence-electron chi connectivity index (χ1n) is 1.13. The summed E-state index contributed by atoms with van der Waals surface area (Å²) in [5, 5.41) is 0. The van der Waals surface area contributed by atoms with Crippen LogP contribution in [0, 0.1) is 0 Å². The second-order valence-electron chi connectivity index (χ2n) is 0.476. The Balaban J connectivity index is -0.0000000720. The Bertz CT molecular complexity index is 26.5. The van der Waals surface area contributed by atoms with Crippen molar-refractivity contribution in [3.8, 4) is 0 Å². The largest absolute Gasteiger partial charge is 4.00 e. The van der Waals surface area contributed by atoms with Crippen molar-refractivity contribution in [3.63, 3.8) is 0 Å². The second kappa shape index (κ2) is 12.1. The Morgan fingerprint density at radius 1 is 0.889 bits per heavy atom. The quantitative estimate of drug-likeness (QED) is 0.306. The van der Waals surface area contributed by atoms with Gasteiger partial charge in [0, 0.05) is 0 Å². The third-order valence-corrected chi connectivity index (χ3v) is 0. The SMILES string of the molecule is [O-]P(O)O.[O-]P([O-])[O-].[Ti+4]. The molecule has 52 valence electrons. The smallest absolute Gasteiger partial charge is 0.854 e.